The number of likely N-dealkylation sites (tertiary alicyclic amines) is 1. The lowest BCUT2D eigenvalue weighted by atomic mass is 9.96. The summed E-state index contributed by atoms with van der Waals surface area (Å²) in [5.41, 5.74) is 5.17. The van der Waals surface area contributed by atoms with Gasteiger partial charge in [0.25, 0.3) is 5.56 Å². The maximum absolute atomic E-state index is 13.4. The number of hydrogen-bond donors (Lipinski definition) is 2. The minimum absolute atomic E-state index is 0.198. The number of nitrogens with zero attached hydrogens (tertiary/aromatic N) is 7. The Morgan fingerprint density at radius 1 is 1.17 bits per heavy atom. The van der Waals surface area contributed by atoms with Gasteiger partial charge in [-0.1, -0.05) is 0 Å². The van der Waals surface area contributed by atoms with Crippen LogP contribution >= 0.6 is 22.6 Å². The van der Waals surface area contributed by atoms with Crippen LogP contribution in [-0.2, 0) is 11.3 Å². The monoisotopic (exact) mass is 598 g/mol. The Balaban J connectivity index is 1.41. The maximum atomic E-state index is 13.4. The number of aryl methyl sites for hydroxylation is 2. The first-order valence-corrected chi connectivity index (χ1v) is 12.3. The van der Waals surface area contributed by atoms with Crippen LogP contribution in [0.3, 0.4) is 0 Å². The summed E-state index contributed by atoms with van der Waals surface area (Å²) in [5, 5.41) is 23.5. The summed E-state index contributed by atoms with van der Waals surface area (Å²) in [7, 11) is 0. The van der Waals surface area contributed by atoms with Crippen molar-refractivity contribution in [2.75, 3.05) is 18.4 Å². The summed E-state index contributed by atoms with van der Waals surface area (Å²) in [5.74, 6) is -0.833. The molecule has 1 saturated heterocycles. The van der Waals surface area contributed by atoms with Crippen LogP contribution in [0.1, 0.15) is 16.7 Å². The first-order valence-electron chi connectivity index (χ1n) is 11.2. The van der Waals surface area contributed by atoms with Gasteiger partial charge < -0.3 is 10.4 Å². The Morgan fingerprint density at radius 2 is 1.92 bits per heavy atom. The van der Waals surface area contributed by atoms with Gasteiger partial charge in [0.2, 0.25) is 0 Å². The molecule has 2 N–H and O–H groups in total. The van der Waals surface area contributed by atoms with Crippen molar-refractivity contribution in [2.45, 2.75) is 20.4 Å². The van der Waals surface area contributed by atoms with Gasteiger partial charge in [-0.05, 0) is 93.9 Å². The smallest absolute Gasteiger partial charge is 0.309 e. The first kappa shape index (κ1) is 24.1. The molecule has 0 spiro atoms. The van der Waals surface area contributed by atoms with Gasteiger partial charge in [0.05, 0.1) is 17.3 Å². The molecule has 2 aromatic heterocycles. The third-order valence-electron chi connectivity index (χ3n) is 6.30. The normalized spacial score (nSPS) is 14.0. The van der Waals surface area contributed by atoms with Crippen molar-refractivity contribution in [3.8, 4) is 11.4 Å². The van der Waals surface area contributed by atoms with Gasteiger partial charge in [-0.3, -0.25) is 19.1 Å². The Hall–Kier alpha value is -3.65. The van der Waals surface area contributed by atoms with E-state index in [4.69, 9.17) is 5.11 Å². The number of hydrogen-bond acceptors (Lipinski definition) is 8. The van der Waals surface area contributed by atoms with Gasteiger partial charge in [-0.2, -0.15) is 0 Å². The van der Waals surface area contributed by atoms with Gasteiger partial charge in [0.15, 0.2) is 5.82 Å². The van der Waals surface area contributed by atoms with Crippen molar-refractivity contribution in [3.05, 3.63) is 79.7 Å². The fourth-order valence-corrected chi connectivity index (χ4v) is 4.77. The zero-order valence-corrected chi connectivity index (χ0v) is 21.7. The molecule has 0 unspecified atom stereocenters. The van der Waals surface area contributed by atoms with Gasteiger partial charge in [-0.25, -0.2) is 9.67 Å². The highest BCUT2D eigenvalue weighted by molar-refractivity contribution is 14.1. The molecular formula is C24H23IN8O3. The van der Waals surface area contributed by atoms with Crippen molar-refractivity contribution < 1.29 is 9.90 Å². The summed E-state index contributed by atoms with van der Waals surface area (Å²) in [4.78, 5) is 30.9. The molecule has 0 saturated carbocycles. The molecular weight excluding hydrogens is 575 g/mol. The lowest BCUT2D eigenvalue weighted by molar-refractivity contribution is -0.147. The number of nitrogens with one attached hydrogen (secondary N) is 1. The molecule has 4 aromatic rings. The van der Waals surface area contributed by atoms with Crippen molar-refractivity contribution in [2.24, 2.45) is 5.92 Å². The van der Waals surface area contributed by atoms with Crippen LogP contribution in [0.5, 0.6) is 0 Å². The van der Waals surface area contributed by atoms with Gasteiger partial charge in [0, 0.05) is 41.3 Å². The molecule has 1 aliphatic heterocycles. The van der Waals surface area contributed by atoms with Crippen molar-refractivity contribution in [1.82, 2.24) is 34.7 Å². The highest BCUT2D eigenvalue weighted by atomic mass is 127. The summed E-state index contributed by atoms with van der Waals surface area (Å²) in [6.07, 6.45) is 4.74. The summed E-state index contributed by atoms with van der Waals surface area (Å²) < 4.78 is 4.02. The van der Waals surface area contributed by atoms with E-state index in [1.165, 1.54) is 11.0 Å². The van der Waals surface area contributed by atoms with E-state index in [1.807, 2.05) is 44.2 Å². The van der Waals surface area contributed by atoms with E-state index in [2.05, 4.69) is 53.3 Å². The number of anilines is 2. The number of carbonyl (C=O) groups is 1. The molecule has 0 radical (unpaired) electrons. The second-order valence-electron chi connectivity index (χ2n) is 8.78. The fourth-order valence-electron chi connectivity index (χ4n) is 4.30. The van der Waals surface area contributed by atoms with Crippen LogP contribution in [0, 0.1) is 23.3 Å². The SMILES string of the molecule is Cc1cc(-n2ccnc(Nc3cc(-n4cnnn4)ccc3I)c2=O)cc(C)c1CN1CC(C(=O)O)C1. The molecule has 12 heteroatoms. The molecule has 0 amide bonds. The molecule has 2 aromatic carbocycles. The number of tetrazole rings is 1. The molecule has 3 heterocycles. The Labute approximate surface area is 219 Å². The van der Waals surface area contributed by atoms with E-state index in [1.54, 1.807) is 17.0 Å². The Kier molecular flexibility index (Phi) is 6.53. The number of carboxylic acids is 1. The topological polar surface area (TPSA) is 131 Å². The maximum Gasteiger partial charge on any atom is 0.309 e. The van der Waals surface area contributed by atoms with Crippen LogP contribution in [-0.4, -0.2) is 58.8 Å². The van der Waals surface area contributed by atoms with E-state index >= 15 is 0 Å². The fraction of sp³-hybridized carbons (Fsp3) is 0.250. The number of halogens is 1. The van der Waals surface area contributed by atoms with Crippen LogP contribution in [0.2, 0.25) is 0 Å². The average Bonchev–Trinajstić information content (AvgIpc) is 3.34. The first-order chi connectivity index (χ1) is 17.3. The third-order valence-corrected chi connectivity index (χ3v) is 7.25. The number of rotatable bonds is 7. The molecule has 184 valence electrons. The molecule has 0 bridgehead atoms. The Bertz CT molecular complexity index is 1470. The summed E-state index contributed by atoms with van der Waals surface area (Å²) in [6, 6.07) is 9.59. The second-order valence-corrected chi connectivity index (χ2v) is 9.94. The number of aliphatic carboxylic acids is 1. The summed E-state index contributed by atoms with van der Waals surface area (Å²) >= 11 is 2.19. The highest BCUT2D eigenvalue weighted by Gasteiger charge is 2.32. The highest BCUT2D eigenvalue weighted by Crippen LogP contribution is 2.26. The molecule has 5 rings (SSSR count). The third kappa shape index (κ3) is 4.73. The zero-order valence-electron chi connectivity index (χ0n) is 19.6. The van der Waals surface area contributed by atoms with E-state index in [-0.39, 0.29) is 17.3 Å². The van der Waals surface area contributed by atoms with Crippen molar-refractivity contribution in [3.63, 3.8) is 0 Å². The Morgan fingerprint density at radius 3 is 2.58 bits per heavy atom. The van der Waals surface area contributed by atoms with Crippen LogP contribution in [0.25, 0.3) is 11.4 Å². The van der Waals surface area contributed by atoms with Crippen LogP contribution in [0.15, 0.2) is 53.8 Å². The minimum atomic E-state index is -0.742. The van der Waals surface area contributed by atoms with E-state index in [0.29, 0.717) is 25.3 Å². The lowest BCUT2D eigenvalue weighted by Crippen LogP contribution is -2.49. The molecule has 1 fully saturated rings. The van der Waals surface area contributed by atoms with E-state index in [0.717, 1.165) is 31.6 Å². The van der Waals surface area contributed by atoms with E-state index < -0.39 is 5.97 Å². The largest absolute Gasteiger partial charge is 0.481 e. The van der Waals surface area contributed by atoms with Crippen LogP contribution in [0.4, 0.5) is 11.5 Å². The van der Waals surface area contributed by atoms with Gasteiger partial charge in [-0.15, -0.1) is 5.10 Å². The van der Waals surface area contributed by atoms with Crippen molar-refractivity contribution in [1.29, 1.82) is 0 Å². The average molecular weight is 598 g/mol. The van der Waals surface area contributed by atoms with E-state index in [9.17, 15) is 9.59 Å². The predicted octanol–water partition coefficient (Wildman–Crippen LogP) is 2.69. The number of carboxylic acid groups (broad SMARTS) is 1. The van der Waals surface area contributed by atoms with Crippen molar-refractivity contribution >= 4 is 40.1 Å². The quantitative estimate of drug-likeness (QED) is 0.309. The molecule has 0 aliphatic carbocycles. The minimum Gasteiger partial charge on any atom is -0.481 e. The number of aromatic nitrogens is 6. The van der Waals surface area contributed by atoms with Gasteiger partial charge in [0.1, 0.15) is 6.33 Å². The summed E-state index contributed by atoms with van der Waals surface area (Å²) in [6.45, 7) is 5.83. The van der Waals surface area contributed by atoms with Crippen LogP contribution < -0.4 is 10.9 Å². The molecule has 11 nitrogen and oxygen atoms in total. The molecule has 0 atom stereocenters. The van der Waals surface area contributed by atoms with Gasteiger partial charge >= 0.3 is 5.97 Å². The zero-order chi connectivity index (χ0) is 25.4. The standard InChI is InChI=1S/C24H23IN8O3/c1-14-7-18(8-15(2)19(14)12-31-10-16(11-31)24(35)36)32-6-5-26-22(23(32)34)28-21-9-17(3-4-20(21)25)33-13-27-29-30-33/h3-9,13,16H,10-12H2,1-2H3,(H,26,28)(H,35,36). The number of benzene rings is 2. The molecule has 1 aliphatic rings. The predicted molar refractivity (Wildman–Crippen MR) is 141 cm³/mol. The molecule has 36 heavy (non-hydrogen) atoms. The lowest BCUT2D eigenvalue weighted by Gasteiger charge is -2.37. The second kappa shape index (κ2) is 9.78.